The molecule has 2 N–H and O–H groups in total. The Balaban J connectivity index is 0.00000288. The van der Waals surface area contributed by atoms with Crippen LogP contribution < -0.4 is 10.6 Å². The first kappa shape index (κ1) is 20.5. The maximum Gasteiger partial charge on any atom is 0.221 e. The van der Waals surface area contributed by atoms with E-state index in [2.05, 4.69) is 17.6 Å². The molecule has 0 radical (unpaired) electrons. The molecule has 0 aliphatic carbocycles. The van der Waals surface area contributed by atoms with Crippen LogP contribution in [0.3, 0.4) is 0 Å². The fraction of sp³-hybridized carbons (Fsp3) is 0.556. The lowest BCUT2D eigenvalue weighted by atomic mass is 10.0. The van der Waals surface area contributed by atoms with E-state index in [1.54, 1.807) is 11.8 Å². The predicted octanol–water partition coefficient (Wildman–Crippen LogP) is 2.10. The van der Waals surface area contributed by atoms with Gasteiger partial charge in [-0.25, -0.2) is 0 Å². The summed E-state index contributed by atoms with van der Waals surface area (Å²) in [7, 11) is 0. The van der Waals surface area contributed by atoms with Gasteiger partial charge in [-0.05, 0) is 31.9 Å². The molecule has 24 heavy (non-hydrogen) atoms. The number of amides is 2. The van der Waals surface area contributed by atoms with Crippen LogP contribution in [0.15, 0.2) is 30.3 Å². The zero-order valence-electron chi connectivity index (χ0n) is 14.5. The molecule has 0 spiro atoms. The van der Waals surface area contributed by atoms with Gasteiger partial charge in [-0.3, -0.25) is 9.59 Å². The molecule has 1 aromatic rings. The molecule has 1 aliphatic rings. The van der Waals surface area contributed by atoms with E-state index >= 15 is 0 Å². The first-order chi connectivity index (χ1) is 11.0. The summed E-state index contributed by atoms with van der Waals surface area (Å²) < 4.78 is 0. The third kappa shape index (κ3) is 6.89. The van der Waals surface area contributed by atoms with Gasteiger partial charge in [0.2, 0.25) is 11.8 Å². The maximum absolute atomic E-state index is 12.1. The van der Waals surface area contributed by atoms with Crippen LogP contribution >= 0.6 is 12.4 Å². The smallest absolute Gasteiger partial charge is 0.221 e. The predicted molar refractivity (Wildman–Crippen MR) is 98.0 cm³/mol. The molecular weight excluding hydrogens is 326 g/mol. The maximum atomic E-state index is 12.1. The lowest BCUT2D eigenvalue weighted by Crippen LogP contribution is -2.47. The van der Waals surface area contributed by atoms with E-state index in [0.29, 0.717) is 25.6 Å². The Bertz CT molecular complexity index is 524. The summed E-state index contributed by atoms with van der Waals surface area (Å²) in [6.07, 6.45) is 2.29. The molecule has 134 valence electrons. The van der Waals surface area contributed by atoms with Crippen LogP contribution in [0, 0.1) is 0 Å². The molecule has 0 bridgehead atoms. The number of piperidine rings is 1. The number of halogens is 1. The van der Waals surface area contributed by atoms with E-state index in [0.717, 1.165) is 24.9 Å². The average Bonchev–Trinajstić information content (AvgIpc) is 2.52. The zero-order chi connectivity index (χ0) is 16.7. The summed E-state index contributed by atoms with van der Waals surface area (Å²) in [6.45, 7) is 5.63. The summed E-state index contributed by atoms with van der Waals surface area (Å²) in [5.41, 5.74) is 1.08. The van der Waals surface area contributed by atoms with Crippen molar-refractivity contribution in [3.63, 3.8) is 0 Å². The van der Waals surface area contributed by atoms with Crippen LogP contribution in [0.2, 0.25) is 0 Å². The lowest BCUT2D eigenvalue weighted by molar-refractivity contribution is -0.130. The van der Waals surface area contributed by atoms with Gasteiger partial charge in [0.05, 0.1) is 0 Å². The summed E-state index contributed by atoms with van der Waals surface area (Å²) in [5.74, 6) is 0.0283. The van der Waals surface area contributed by atoms with Crippen molar-refractivity contribution in [3.05, 3.63) is 35.9 Å². The standard InChI is InChI=1S/C18H27N3O2.ClH/c1-14-12-17(8-10-19-14)20-18(23)9-11-21(15(2)22)13-16-6-4-3-5-7-16;/h3-7,14,17,19H,8-13H2,1-2H3,(H,20,23);1H. The van der Waals surface area contributed by atoms with Crippen molar-refractivity contribution >= 4 is 24.2 Å². The van der Waals surface area contributed by atoms with E-state index in [4.69, 9.17) is 0 Å². The molecule has 0 aromatic heterocycles. The number of rotatable bonds is 6. The third-order valence-corrected chi connectivity index (χ3v) is 4.26. The molecule has 2 unspecified atom stereocenters. The summed E-state index contributed by atoms with van der Waals surface area (Å²) in [6, 6.07) is 10.5. The van der Waals surface area contributed by atoms with Gasteiger partial charge in [0.25, 0.3) is 0 Å². The topological polar surface area (TPSA) is 61.4 Å². The van der Waals surface area contributed by atoms with Gasteiger partial charge < -0.3 is 15.5 Å². The van der Waals surface area contributed by atoms with E-state index in [1.807, 2.05) is 30.3 Å². The third-order valence-electron chi connectivity index (χ3n) is 4.26. The van der Waals surface area contributed by atoms with Crippen molar-refractivity contribution in [1.29, 1.82) is 0 Å². The molecule has 2 rings (SSSR count). The molecule has 1 saturated heterocycles. The largest absolute Gasteiger partial charge is 0.353 e. The zero-order valence-corrected chi connectivity index (χ0v) is 15.3. The monoisotopic (exact) mass is 353 g/mol. The number of nitrogens with zero attached hydrogens (tertiary/aromatic N) is 1. The Labute approximate surface area is 150 Å². The van der Waals surface area contributed by atoms with Crippen LogP contribution in [-0.2, 0) is 16.1 Å². The van der Waals surface area contributed by atoms with Crippen molar-refractivity contribution < 1.29 is 9.59 Å². The molecular formula is C18H28ClN3O2. The Morgan fingerprint density at radius 3 is 2.62 bits per heavy atom. The second-order valence-corrected chi connectivity index (χ2v) is 6.32. The molecule has 6 heteroatoms. The fourth-order valence-corrected chi connectivity index (χ4v) is 2.95. The molecule has 5 nitrogen and oxygen atoms in total. The van der Waals surface area contributed by atoms with Crippen molar-refractivity contribution in [1.82, 2.24) is 15.5 Å². The Hall–Kier alpha value is -1.59. The minimum atomic E-state index is -0.00265. The van der Waals surface area contributed by atoms with Crippen LogP contribution in [0.5, 0.6) is 0 Å². The van der Waals surface area contributed by atoms with Crippen LogP contribution in [0.4, 0.5) is 0 Å². The number of nitrogens with one attached hydrogen (secondary N) is 2. The van der Waals surface area contributed by atoms with Gasteiger partial charge in [0, 0.05) is 38.5 Å². The van der Waals surface area contributed by atoms with Gasteiger partial charge >= 0.3 is 0 Å². The lowest BCUT2D eigenvalue weighted by Gasteiger charge is -2.29. The SMILES string of the molecule is CC(=O)N(CCC(=O)NC1CCNC(C)C1)Cc1ccccc1.Cl. The number of hydrogen-bond acceptors (Lipinski definition) is 3. The molecule has 0 saturated carbocycles. The first-order valence-electron chi connectivity index (χ1n) is 8.37. The Kier molecular flexibility index (Phi) is 8.79. The highest BCUT2D eigenvalue weighted by molar-refractivity contribution is 5.85. The van der Waals surface area contributed by atoms with Crippen molar-refractivity contribution in [2.24, 2.45) is 0 Å². The minimum absolute atomic E-state index is 0. The summed E-state index contributed by atoms with van der Waals surface area (Å²) in [4.78, 5) is 25.6. The fourth-order valence-electron chi connectivity index (χ4n) is 2.95. The molecule has 1 aliphatic heterocycles. The average molecular weight is 354 g/mol. The van der Waals surface area contributed by atoms with E-state index in [1.165, 1.54) is 0 Å². The first-order valence-corrected chi connectivity index (χ1v) is 8.37. The van der Waals surface area contributed by atoms with Crippen LogP contribution in [0.25, 0.3) is 0 Å². The van der Waals surface area contributed by atoms with Crippen molar-refractivity contribution in [2.45, 2.75) is 51.7 Å². The number of benzene rings is 1. The Morgan fingerprint density at radius 1 is 1.29 bits per heavy atom. The van der Waals surface area contributed by atoms with Gasteiger partial charge in [0.1, 0.15) is 0 Å². The highest BCUT2D eigenvalue weighted by atomic mass is 35.5. The van der Waals surface area contributed by atoms with Gasteiger partial charge in [0.15, 0.2) is 0 Å². The molecule has 1 aromatic carbocycles. The van der Waals surface area contributed by atoms with Gasteiger partial charge in [-0.2, -0.15) is 0 Å². The van der Waals surface area contributed by atoms with Crippen molar-refractivity contribution in [2.75, 3.05) is 13.1 Å². The van der Waals surface area contributed by atoms with Gasteiger partial charge in [-0.15, -0.1) is 12.4 Å². The molecule has 2 amide bonds. The summed E-state index contributed by atoms with van der Waals surface area (Å²) >= 11 is 0. The van der Waals surface area contributed by atoms with E-state index in [9.17, 15) is 9.59 Å². The Morgan fingerprint density at radius 2 is 2.00 bits per heavy atom. The number of carbonyl (C=O) groups is 2. The molecule has 1 heterocycles. The van der Waals surface area contributed by atoms with E-state index in [-0.39, 0.29) is 30.3 Å². The number of hydrogen-bond donors (Lipinski definition) is 2. The normalized spacial score (nSPS) is 19.9. The highest BCUT2D eigenvalue weighted by Gasteiger charge is 2.20. The molecule has 1 fully saturated rings. The van der Waals surface area contributed by atoms with Gasteiger partial charge in [-0.1, -0.05) is 30.3 Å². The molecule has 2 atom stereocenters. The van der Waals surface area contributed by atoms with Crippen LogP contribution in [0.1, 0.15) is 38.7 Å². The quantitative estimate of drug-likeness (QED) is 0.823. The number of carbonyl (C=O) groups excluding carboxylic acids is 2. The van der Waals surface area contributed by atoms with Crippen LogP contribution in [-0.4, -0.2) is 41.9 Å². The minimum Gasteiger partial charge on any atom is -0.353 e. The van der Waals surface area contributed by atoms with Crippen molar-refractivity contribution in [3.8, 4) is 0 Å². The van der Waals surface area contributed by atoms with E-state index < -0.39 is 0 Å². The second kappa shape index (κ2) is 10.3. The summed E-state index contributed by atoms with van der Waals surface area (Å²) in [5, 5.41) is 6.46. The second-order valence-electron chi connectivity index (χ2n) is 6.32. The highest BCUT2D eigenvalue weighted by Crippen LogP contribution is 2.09.